The summed E-state index contributed by atoms with van der Waals surface area (Å²) in [5, 5.41) is 12.4. The molecule has 1 aromatic carbocycles. The Kier molecular flexibility index (Phi) is 4.28. The Morgan fingerprint density at radius 1 is 1.29 bits per heavy atom. The van der Waals surface area contributed by atoms with Crippen LogP contribution >= 0.6 is 0 Å². The van der Waals surface area contributed by atoms with Crippen LogP contribution in [0.25, 0.3) is 0 Å². The molecule has 3 heteroatoms. The number of nitrogens with zero attached hydrogens (tertiary/aromatic N) is 1. The molecule has 1 N–H and O–H groups in total. The van der Waals surface area contributed by atoms with Crippen LogP contribution in [0.1, 0.15) is 62.6 Å². The van der Waals surface area contributed by atoms with Crippen LogP contribution in [0.5, 0.6) is 0 Å². The number of nitriles is 1. The molecule has 1 aliphatic carbocycles. The fourth-order valence-electron chi connectivity index (χ4n) is 3.70. The summed E-state index contributed by atoms with van der Waals surface area (Å²) >= 11 is 0. The summed E-state index contributed by atoms with van der Waals surface area (Å²) in [6.45, 7) is 3.09. The van der Waals surface area contributed by atoms with E-state index in [0.29, 0.717) is 17.7 Å². The van der Waals surface area contributed by atoms with Gasteiger partial charge >= 0.3 is 0 Å². The van der Waals surface area contributed by atoms with Gasteiger partial charge in [-0.05, 0) is 50.3 Å². The van der Waals surface area contributed by atoms with E-state index in [1.54, 1.807) is 0 Å². The van der Waals surface area contributed by atoms with Crippen molar-refractivity contribution in [3.8, 4) is 6.07 Å². The van der Waals surface area contributed by atoms with E-state index in [4.69, 9.17) is 10.00 Å². The van der Waals surface area contributed by atoms with Crippen molar-refractivity contribution in [2.24, 2.45) is 0 Å². The molecule has 1 aliphatic heterocycles. The van der Waals surface area contributed by atoms with Crippen molar-refractivity contribution in [1.82, 2.24) is 5.32 Å². The van der Waals surface area contributed by atoms with E-state index in [-0.39, 0.29) is 5.60 Å². The van der Waals surface area contributed by atoms with Crippen LogP contribution in [-0.4, -0.2) is 18.2 Å². The summed E-state index contributed by atoms with van der Waals surface area (Å²) < 4.78 is 6.33. The van der Waals surface area contributed by atoms with E-state index in [9.17, 15) is 0 Å². The second kappa shape index (κ2) is 6.17. The molecular formula is C18H24N2O. The van der Waals surface area contributed by atoms with E-state index >= 15 is 0 Å². The molecule has 0 amide bonds. The Balaban J connectivity index is 1.49. The van der Waals surface area contributed by atoms with Crippen LogP contribution in [0.3, 0.4) is 0 Å². The van der Waals surface area contributed by atoms with E-state index in [2.05, 4.69) is 18.3 Å². The molecule has 1 spiro atoms. The average molecular weight is 284 g/mol. The van der Waals surface area contributed by atoms with Gasteiger partial charge in [0.2, 0.25) is 0 Å². The van der Waals surface area contributed by atoms with Crippen LogP contribution in [0, 0.1) is 11.3 Å². The quantitative estimate of drug-likeness (QED) is 0.917. The lowest BCUT2D eigenvalue weighted by Crippen LogP contribution is -2.32. The number of hydrogen-bond acceptors (Lipinski definition) is 3. The molecule has 3 nitrogen and oxygen atoms in total. The van der Waals surface area contributed by atoms with Gasteiger partial charge in [-0.15, -0.1) is 0 Å². The Morgan fingerprint density at radius 3 is 2.67 bits per heavy atom. The number of nitrogens with one attached hydrogen (secondary N) is 1. The fourth-order valence-corrected chi connectivity index (χ4v) is 3.70. The van der Waals surface area contributed by atoms with Gasteiger partial charge in [0, 0.05) is 12.6 Å². The largest absolute Gasteiger partial charge is 0.370 e. The highest BCUT2D eigenvalue weighted by Crippen LogP contribution is 2.43. The zero-order valence-electron chi connectivity index (χ0n) is 12.8. The second-order valence-corrected chi connectivity index (χ2v) is 6.53. The van der Waals surface area contributed by atoms with Crippen molar-refractivity contribution >= 4 is 0 Å². The topological polar surface area (TPSA) is 45.0 Å². The molecule has 0 bridgehead atoms. The van der Waals surface area contributed by atoms with E-state index in [1.165, 1.54) is 44.1 Å². The molecule has 2 aliphatic rings. The molecule has 2 fully saturated rings. The summed E-state index contributed by atoms with van der Waals surface area (Å²) in [4.78, 5) is 0. The minimum atomic E-state index is 0.226. The SMILES string of the molecule is CC(NCC1CCC2(CCCC2)O1)c1ccc(C#N)cc1. The third kappa shape index (κ3) is 3.28. The van der Waals surface area contributed by atoms with Gasteiger partial charge in [-0.3, -0.25) is 0 Å². The zero-order chi connectivity index (χ0) is 14.7. The summed E-state index contributed by atoms with van der Waals surface area (Å²) in [5.41, 5.74) is 2.17. The molecule has 3 rings (SSSR count). The molecule has 112 valence electrons. The summed E-state index contributed by atoms with van der Waals surface area (Å²) in [6, 6.07) is 10.3. The third-order valence-electron chi connectivity index (χ3n) is 5.04. The van der Waals surface area contributed by atoms with Crippen LogP contribution in [0.4, 0.5) is 0 Å². The molecule has 21 heavy (non-hydrogen) atoms. The highest BCUT2D eigenvalue weighted by molar-refractivity contribution is 5.32. The highest BCUT2D eigenvalue weighted by atomic mass is 16.5. The van der Waals surface area contributed by atoms with Crippen LogP contribution in [0.15, 0.2) is 24.3 Å². The molecule has 2 unspecified atom stereocenters. The second-order valence-electron chi connectivity index (χ2n) is 6.53. The van der Waals surface area contributed by atoms with Gasteiger partial charge in [0.1, 0.15) is 0 Å². The lowest BCUT2D eigenvalue weighted by atomic mass is 9.98. The average Bonchev–Trinajstić information content (AvgIpc) is 3.15. The van der Waals surface area contributed by atoms with Crippen LogP contribution < -0.4 is 5.32 Å². The van der Waals surface area contributed by atoms with Crippen molar-refractivity contribution in [2.75, 3.05) is 6.54 Å². The van der Waals surface area contributed by atoms with Crippen molar-refractivity contribution < 1.29 is 4.74 Å². The summed E-state index contributed by atoms with van der Waals surface area (Å²) in [6.07, 6.45) is 7.98. The highest BCUT2D eigenvalue weighted by Gasteiger charge is 2.41. The zero-order valence-corrected chi connectivity index (χ0v) is 12.8. The smallest absolute Gasteiger partial charge is 0.0991 e. The first-order valence-electron chi connectivity index (χ1n) is 8.12. The third-order valence-corrected chi connectivity index (χ3v) is 5.04. The standard InChI is InChI=1S/C18H24N2O/c1-14(16-6-4-15(12-19)5-7-16)20-13-17-8-11-18(21-17)9-2-3-10-18/h4-7,14,17,20H,2-3,8-11,13H2,1H3. The Labute approximate surface area is 127 Å². The fraction of sp³-hybridized carbons (Fsp3) is 0.611. The molecule has 1 aromatic rings. The van der Waals surface area contributed by atoms with E-state index < -0.39 is 0 Å². The molecular weight excluding hydrogens is 260 g/mol. The first kappa shape index (κ1) is 14.6. The first-order valence-corrected chi connectivity index (χ1v) is 8.12. The lowest BCUT2D eigenvalue weighted by molar-refractivity contribution is -0.0357. The van der Waals surface area contributed by atoms with Crippen LogP contribution in [0.2, 0.25) is 0 Å². The number of rotatable bonds is 4. The van der Waals surface area contributed by atoms with Crippen molar-refractivity contribution in [2.45, 2.75) is 63.2 Å². The Morgan fingerprint density at radius 2 is 2.00 bits per heavy atom. The maximum atomic E-state index is 8.83. The van der Waals surface area contributed by atoms with Gasteiger partial charge in [0.15, 0.2) is 0 Å². The molecule has 1 saturated carbocycles. The molecule has 2 atom stereocenters. The minimum Gasteiger partial charge on any atom is -0.370 e. The Bertz CT molecular complexity index is 511. The van der Waals surface area contributed by atoms with Crippen molar-refractivity contribution in [3.63, 3.8) is 0 Å². The predicted molar refractivity (Wildman–Crippen MR) is 82.9 cm³/mol. The first-order chi connectivity index (χ1) is 10.2. The van der Waals surface area contributed by atoms with Crippen molar-refractivity contribution in [3.05, 3.63) is 35.4 Å². The monoisotopic (exact) mass is 284 g/mol. The van der Waals surface area contributed by atoms with Crippen LogP contribution in [-0.2, 0) is 4.74 Å². The molecule has 1 saturated heterocycles. The molecule has 1 heterocycles. The van der Waals surface area contributed by atoms with Gasteiger partial charge in [-0.2, -0.15) is 5.26 Å². The number of hydrogen-bond donors (Lipinski definition) is 1. The van der Waals surface area contributed by atoms with E-state index in [1.807, 2.05) is 24.3 Å². The summed E-state index contributed by atoms with van der Waals surface area (Å²) in [5.74, 6) is 0. The maximum absolute atomic E-state index is 8.83. The predicted octanol–water partition coefficient (Wildman–Crippen LogP) is 3.70. The molecule has 0 aromatic heterocycles. The minimum absolute atomic E-state index is 0.226. The van der Waals surface area contributed by atoms with Gasteiger partial charge in [0.05, 0.1) is 23.3 Å². The van der Waals surface area contributed by atoms with Gasteiger partial charge in [-0.25, -0.2) is 0 Å². The number of ether oxygens (including phenoxy) is 1. The van der Waals surface area contributed by atoms with Crippen molar-refractivity contribution in [1.29, 1.82) is 5.26 Å². The maximum Gasteiger partial charge on any atom is 0.0991 e. The lowest BCUT2D eigenvalue weighted by Gasteiger charge is -2.24. The van der Waals surface area contributed by atoms with Gasteiger partial charge in [0.25, 0.3) is 0 Å². The van der Waals surface area contributed by atoms with Gasteiger partial charge in [-0.1, -0.05) is 25.0 Å². The van der Waals surface area contributed by atoms with Gasteiger partial charge < -0.3 is 10.1 Å². The molecule has 0 radical (unpaired) electrons. The van der Waals surface area contributed by atoms with E-state index in [0.717, 1.165) is 6.54 Å². The number of benzene rings is 1. The normalized spacial score (nSPS) is 25.0. The summed E-state index contributed by atoms with van der Waals surface area (Å²) in [7, 11) is 0. The Hall–Kier alpha value is -1.37.